The molecule has 2 aromatic rings. The molecule has 18 heavy (non-hydrogen) atoms. The van der Waals surface area contributed by atoms with Gasteiger partial charge in [0.25, 0.3) is 0 Å². The summed E-state index contributed by atoms with van der Waals surface area (Å²) in [4.78, 5) is 15.7. The third-order valence-electron chi connectivity index (χ3n) is 2.94. The van der Waals surface area contributed by atoms with E-state index in [4.69, 9.17) is 4.74 Å². The molecule has 0 aliphatic carbocycles. The summed E-state index contributed by atoms with van der Waals surface area (Å²) >= 11 is 1.55. The van der Waals surface area contributed by atoms with Gasteiger partial charge < -0.3 is 10.1 Å². The van der Waals surface area contributed by atoms with Gasteiger partial charge in [-0.05, 0) is 30.2 Å². The summed E-state index contributed by atoms with van der Waals surface area (Å²) in [6, 6.07) is 6.01. The molecule has 1 aromatic heterocycles. The zero-order valence-electron chi connectivity index (χ0n) is 9.90. The Kier molecular flexibility index (Phi) is 2.76. The van der Waals surface area contributed by atoms with Crippen LogP contribution in [0.5, 0.6) is 5.88 Å². The fourth-order valence-corrected chi connectivity index (χ4v) is 2.77. The number of rotatable bonds is 2. The monoisotopic (exact) mass is 260 g/mol. The van der Waals surface area contributed by atoms with Crippen LogP contribution in [-0.2, 0) is 11.2 Å². The van der Waals surface area contributed by atoms with Crippen LogP contribution in [0.15, 0.2) is 23.6 Å². The fourth-order valence-electron chi connectivity index (χ4n) is 2.00. The molecule has 3 rings (SSSR count). The summed E-state index contributed by atoms with van der Waals surface area (Å²) in [6.07, 6.45) is 1.34. The minimum atomic E-state index is 0.0890. The van der Waals surface area contributed by atoms with Gasteiger partial charge in [-0.1, -0.05) is 0 Å². The van der Waals surface area contributed by atoms with E-state index < -0.39 is 0 Å². The molecule has 4 nitrogen and oxygen atoms in total. The second-order valence-electron chi connectivity index (χ2n) is 4.12. The smallest absolute Gasteiger partial charge is 0.224 e. The number of nitrogens with zero attached hydrogens (tertiary/aromatic N) is 1. The van der Waals surface area contributed by atoms with Gasteiger partial charge in [-0.15, -0.1) is 11.3 Å². The number of benzene rings is 1. The van der Waals surface area contributed by atoms with Crippen molar-refractivity contribution < 1.29 is 9.53 Å². The Morgan fingerprint density at radius 3 is 3.06 bits per heavy atom. The molecule has 0 bridgehead atoms. The minimum Gasteiger partial charge on any atom is -0.480 e. The number of ether oxygens (including phenoxy) is 1. The summed E-state index contributed by atoms with van der Waals surface area (Å²) < 4.78 is 5.09. The summed E-state index contributed by atoms with van der Waals surface area (Å²) in [6.45, 7) is 0. The summed E-state index contributed by atoms with van der Waals surface area (Å²) in [5.41, 5.74) is 3.15. The fraction of sp³-hybridized carbons (Fsp3) is 0.231. The first-order valence-electron chi connectivity index (χ1n) is 5.69. The molecule has 0 saturated heterocycles. The maximum Gasteiger partial charge on any atom is 0.224 e. The highest BCUT2D eigenvalue weighted by molar-refractivity contribution is 7.13. The lowest BCUT2D eigenvalue weighted by Gasteiger charge is -2.17. The van der Waals surface area contributed by atoms with Crippen LogP contribution in [0.4, 0.5) is 5.69 Å². The summed E-state index contributed by atoms with van der Waals surface area (Å²) in [7, 11) is 1.61. The number of amides is 1. The molecule has 1 aliphatic heterocycles. The highest BCUT2D eigenvalue weighted by Crippen LogP contribution is 2.31. The maximum absolute atomic E-state index is 11.3. The average molecular weight is 260 g/mol. The van der Waals surface area contributed by atoms with Crippen molar-refractivity contribution in [3.05, 3.63) is 29.1 Å². The van der Waals surface area contributed by atoms with Crippen molar-refractivity contribution in [3.63, 3.8) is 0 Å². The number of thiazole rings is 1. The number of aryl methyl sites for hydroxylation is 1. The normalized spacial score (nSPS) is 13.9. The van der Waals surface area contributed by atoms with Gasteiger partial charge in [-0.3, -0.25) is 4.79 Å². The molecule has 1 amide bonds. The van der Waals surface area contributed by atoms with Crippen LogP contribution in [0, 0.1) is 0 Å². The number of hydrogen-bond donors (Lipinski definition) is 1. The van der Waals surface area contributed by atoms with Crippen molar-refractivity contribution in [2.24, 2.45) is 0 Å². The quantitative estimate of drug-likeness (QED) is 0.903. The number of carbonyl (C=O) groups excluding carboxylic acids is 1. The molecule has 0 saturated carbocycles. The van der Waals surface area contributed by atoms with Crippen molar-refractivity contribution in [3.8, 4) is 16.5 Å². The van der Waals surface area contributed by atoms with Crippen LogP contribution in [0.2, 0.25) is 0 Å². The Morgan fingerprint density at radius 1 is 1.39 bits per heavy atom. The van der Waals surface area contributed by atoms with Crippen molar-refractivity contribution >= 4 is 22.9 Å². The second-order valence-corrected chi connectivity index (χ2v) is 4.97. The standard InChI is InChI=1S/C13H12N2O2S/c1-17-12-7-18-13(15-12)9-2-4-10-8(6-9)3-5-11(16)14-10/h2,4,6-7H,3,5H2,1H3,(H,14,16). The second kappa shape index (κ2) is 4.42. The number of aromatic nitrogens is 1. The molecule has 1 aliphatic rings. The van der Waals surface area contributed by atoms with Crippen molar-refractivity contribution in [2.45, 2.75) is 12.8 Å². The van der Waals surface area contributed by atoms with E-state index in [0.717, 1.165) is 22.7 Å². The summed E-state index contributed by atoms with van der Waals surface area (Å²) in [5, 5.41) is 5.70. The van der Waals surface area contributed by atoms with E-state index in [1.54, 1.807) is 18.4 Å². The molecule has 1 aromatic carbocycles. The maximum atomic E-state index is 11.3. The van der Waals surface area contributed by atoms with E-state index in [0.29, 0.717) is 12.3 Å². The number of methoxy groups -OCH3 is 1. The third kappa shape index (κ3) is 1.97. The van der Waals surface area contributed by atoms with Gasteiger partial charge in [0, 0.05) is 17.7 Å². The lowest BCUT2D eigenvalue weighted by Crippen LogP contribution is -2.18. The van der Waals surface area contributed by atoms with Crippen LogP contribution in [0.25, 0.3) is 10.6 Å². The van der Waals surface area contributed by atoms with Crippen molar-refractivity contribution in [2.75, 3.05) is 12.4 Å². The van der Waals surface area contributed by atoms with E-state index in [1.807, 2.05) is 17.5 Å². The largest absolute Gasteiger partial charge is 0.480 e. The zero-order chi connectivity index (χ0) is 12.5. The van der Waals surface area contributed by atoms with Crippen LogP contribution in [0.1, 0.15) is 12.0 Å². The Morgan fingerprint density at radius 2 is 2.28 bits per heavy atom. The molecule has 2 heterocycles. The molecular formula is C13H12N2O2S. The molecule has 0 unspecified atom stereocenters. The van der Waals surface area contributed by atoms with Crippen LogP contribution in [-0.4, -0.2) is 18.0 Å². The molecule has 92 valence electrons. The predicted molar refractivity (Wildman–Crippen MR) is 71.1 cm³/mol. The van der Waals surface area contributed by atoms with Gasteiger partial charge >= 0.3 is 0 Å². The Labute approximate surface area is 109 Å². The Hall–Kier alpha value is -1.88. The van der Waals surface area contributed by atoms with Crippen molar-refractivity contribution in [1.82, 2.24) is 4.98 Å². The zero-order valence-corrected chi connectivity index (χ0v) is 10.7. The van der Waals surface area contributed by atoms with E-state index >= 15 is 0 Å². The SMILES string of the molecule is COc1csc(-c2ccc3c(c2)CCC(=O)N3)n1. The van der Waals surface area contributed by atoms with Crippen LogP contribution in [0.3, 0.4) is 0 Å². The van der Waals surface area contributed by atoms with E-state index in [9.17, 15) is 4.79 Å². The van der Waals surface area contributed by atoms with Crippen molar-refractivity contribution in [1.29, 1.82) is 0 Å². The van der Waals surface area contributed by atoms with Gasteiger partial charge in [0.05, 0.1) is 12.5 Å². The average Bonchev–Trinajstić information content (AvgIpc) is 2.87. The lowest BCUT2D eigenvalue weighted by atomic mass is 10.0. The first kappa shape index (κ1) is 11.2. The number of fused-ring (bicyclic) bond motifs is 1. The van der Waals surface area contributed by atoms with E-state index in [2.05, 4.69) is 16.4 Å². The van der Waals surface area contributed by atoms with Crippen LogP contribution >= 0.6 is 11.3 Å². The molecule has 1 N–H and O–H groups in total. The van der Waals surface area contributed by atoms with Crippen LogP contribution < -0.4 is 10.1 Å². The molecule has 0 atom stereocenters. The van der Waals surface area contributed by atoms with Gasteiger partial charge in [-0.25, -0.2) is 4.98 Å². The minimum absolute atomic E-state index is 0.0890. The first-order valence-corrected chi connectivity index (χ1v) is 6.57. The lowest BCUT2D eigenvalue weighted by molar-refractivity contribution is -0.116. The van der Waals surface area contributed by atoms with E-state index in [-0.39, 0.29) is 5.91 Å². The molecule has 0 fully saturated rings. The van der Waals surface area contributed by atoms with Gasteiger partial charge in [0.1, 0.15) is 5.01 Å². The topological polar surface area (TPSA) is 51.2 Å². The number of carbonyl (C=O) groups is 1. The number of hydrogen-bond acceptors (Lipinski definition) is 4. The molecule has 5 heteroatoms. The third-order valence-corrected chi connectivity index (χ3v) is 3.81. The van der Waals surface area contributed by atoms with Gasteiger partial charge in [-0.2, -0.15) is 0 Å². The first-order chi connectivity index (χ1) is 8.76. The molecule has 0 radical (unpaired) electrons. The highest BCUT2D eigenvalue weighted by Gasteiger charge is 2.15. The molecule has 0 spiro atoms. The summed E-state index contributed by atoms with van der Waals surface area (Å²) in [5.74, 6) is 0.729. The number of nitrogens with one attached hydrogen (secondary N) is 1. The Bertz CT molecular complexity index is 607. The van der Waals surface area contributed by atoms with Gasteiger partial charge in [0.15, 0.2) is 0 Å². The molecular weight excluding hydrogens is 248 g/mol. The number of anilines is 1. The Balaban J connectivity index is 1.97. The predicted octanol–water partition coefficient (Wildman–Crippen LogP) is 2.70. The van der Waals surface area contributed by atoms with Gasteiger partial charge in [0.2, 0.25) is 11.8 Å². The van der Waals surface area contributed by atoms with E-state index in [1.165, 1.54) is 5.56 Å². The highest BCUT2D eigenvalue weighted by atomic mass is 32.1.